The Morgan fingerprint density at radius 1 is 1.25 bits per heavy atom. The number of nitro groups is 1. The fourth-order valence-corrected chi connectivity index (χ4v) is 3.04. The summed E-state index contributed by atoms with van der Waals surface area (Å²) in [4.78, 5) is 10.4. The third-order valence-electron chi connectivity index (χ3n) is 4.43. The van der Waals surface area contributed by atoms with Crippen LogP contribution in [-0.2, 0) is 6.54 Å². The molecular formula is C16H24N2O2. The van der Waals surface area contributed by atoms with Crippen molar-refractivity contribution in [2.45, 2.75) is 45.6 Å². The summed E-state index contributed by atoms with van der Waals surface area (Å²) < 4.78 is 0. The maximum atomic E-state index is 10.7. The van der Waals surface area contributed by atoms with E-state index >= 15 is 0 Å². The molecule has 0 spiro atoms. The highest BCUT2D eigenvalue weighted by Crippen LogP contribution is 2.30. The zero-order chi connectivity index (χ0) is 14.4. The molecule has 1 N–H and O–H groups in total. The van der Waals surface area contributed by atoms with Gasteiger partial charge in [-0.2, -0.15) is 0 Å². The molecular weight excluding hydrogens is 252 g/mol. The summed E-state index contributed by atoms with van der Waals surface area (Å²) in [5, 5.41) is 14.2. The van der Waals surface area contributed by atoms with Gasteiger partial charge < -0.3 is 5.32 Å². The first-order valence-electron chi connectivity index (χ1n) is 7.63. The Bertz CT molecular complexity index is 440. The van der Waals surface area contributed by atoms with Crippen LogP contribution in [0.2, 0.25) is 0 Å². The molecule has 0 radical (unpaired) electrons. The van der Waals surface area contributed by atoms with Crippen LogP contribution in [0.3, 0.4) is 0 Å². The van der Waals surface area contributed by atoms with Crippen molar-refractivity contribution in [1.29, 1.82) is 0 Å². The number of hydrogen-bond donors (Lipinski definition) is 1. The van der Waals surface area contributed by atoms with Gasteiger partial charge in [0.1, 0.15) is 0 Å². The van der Waals surface area contributed by atoms with Crippen LogP contribution >= 0.6 is 0 Å². The van der Waals surface area contributed by atoms with E-state index in [2.05, 4.69) is 12.2 Å². The van der Waals surface area contributed by atoms with E-state index in [4.69, 9.17) is 0 Å². The van der Waals surface area contributed by atoms with E-state index in [1.165, 1.54) is 38.2 Å². The predicted octanol–water partition coefficient (Wildman–Crippen LogP) is 3.90. The Hall–Kier alpha value is -1.42. The Labute approximate surface area is 120 Å². The summed E-state index contributed by atoms with van der Waals surface area (Å²) in [6.45, 7) is 4.03. The van der Waals surface area contributed by atoms with Crippen molar-refractivity contribution < 1.29 is 4.92 Å². The molecule has 0 aromatic heterocycles. The van der Waals surface area contributed by atoms with E-state index in [0.29, 0.717) is 0 Å². The molecule has 0 aliphatic heterocycles. The first-order chi connectivity index (χ1) is 9.69. The summed E-state index contributed by atoms with van der Waals surface area (Å²) in [6.07, 6.45) is 6.67. The van der Waals surface area contributed by atoms with Gasteiger partial charge in [-0.05, 0) is 36.8 Å². The molecule has 1 aliphatic carbocycles. The van der Waals surface area contributed by atoms with Crippen molar-refractivity contribution in [2.75, 3.05) is 6.54 Å². The van der Waals surface area contributed by atoms with Gasteiger partial charge in [-0.1, -0.05) is 38.3 Å². The number of nitrogens with zero attached hydrogens (tertiary/aromatic N) is 1. The van der Waals surface area contributed by atoms with E-state index in [0.717, 1.165) is 30.5 Å². The van der Waals surface area contributed by atoms with Crippen LogP contribution in [0, 0.1) is 22.0 Å². The van der Waals surface area contributed by atoms with Gasteiger partial charge in [-0.25, -0.2) is 0 Å². The van der Waals surface area contributed by atoms with Gasteiger partial charge in [-0.3, -0.25) is 10.1 Å². The number of rotatable bonds is 6. The summed E-state index contributed by atoms with van der Waals surface area (Å²) in [5.74, 6) is 1.71. The minimum absolute atomic E-state index is 0.174. The monoisotopic (exact) mass is 276 g/mol. The lowest BCUT2D eigenvalue weighted by atomic mass is 9.81. The van der Waals surface area contributed by atoms with Gasteiger partial charge in [0, 0.05) is 18.7 Å². The second-order valence-corrected chi connectivity index (χ2v) is 5.85. The third kappa shape index (κ3) is 4.30. The second-order valence-electron chi connectivity index (χ2n) is 5.85. The summed E-state index contributed by atoms with van der Waals surface area (Å²) in [6, 6.07) is 6.88. The normalized spacial score (nSPS) is 22.6. The molecule has 1 aromatic rings. The maximum Gasteiger partial charge on any atom is 0.269 e. The van der Waals surface area contributed by atoms with Gasteiger partial charge in [0.05, 0.1) is 4.92 Å². The molecule has 1 saturated carbocycles. The van der Waals surface area contributed by atoms with Gasteiger partial charge in [0.15, 0.2) is 0 Å². The smallest absolute Gasteiger partial charge is 0.269 e. The lowest BCUT2D eigenvalue weighted by molar-refractivity contribution is -0.384. The van der Waals surface area contributed by atoms with Crippen LogP contribution in [0.15, 0.2) is 24.3 Å². The van der Waals surface area contributed by atoms with E-state index in [1.807, 2.05) is 6.07 Å². The van der Waals surface area contributed by atoms with E-state index in [-0.39, 0.29) is 10.6 Å². The van der Waals surface area contributed by atoms with Crippen molar-refractivity contribution >= 4 is 5.69 Å². The minimum Gasteiger partial charge on any atom is -0.312 e. The van der Waals surface area contributed by atoms with Crippen LogP contribution in [-0.4, -0.2) is 11.5 Å². The fourth-order valence-electron chi connectivity index (χ4n) is 3.04. The van der Waals surface area contributed by atoms with E-state index < -0.39 is 0 Å². The predicted molar refractivity (Wildman–Crippen MR) is 80.5 cm³/mol. The van der Waals surface area contributed by atoms with Crippen LogP contribution < -0.4 is 5.32 Å². The van der Waals surface area contributed by atoms with Crippen molar-refractivity contribution in [3.8, 4) is 0 Å². The topological polar surface area (TPSA) is 55.2 Å². The molecule has 1 aromatic carbocycles. The molecule has 110 valence electrons. The van der Waals surface area contributed by atoms with E-state index in [9.17, 15) is 10.1 Å². The van der Waals surface area contributed by atoms with Crippen molar-refractivity contribution in [2.24, 2.45) is 11.8 Å². The summed E-state index contributed by atoms with van der Waals surface area (Å²) in [5.41, 5.74) is 1.16. The quantitative estimate of drug-likeness (QED) is 0.633. The van der Waals surface area contributed by atoms with E-state index in [1.54, 1.807) is 12.1 Å². The average Bonchev–Trinajstić information content (AvgIpc) is 2.48. The molecule has 0 unspecified atom stereocenters. The van der Waals surface area contributed by atoms with Crippen LogP contribution in [0.5, 0.6) is 0 Å². The number of non-ortho nitro benzene ring substituents is 1. The number of hydrogen-bond acceptors (Lipinski definition) is 3. The summed E-state index contributed by atoms with van der Waals surface area (Å²) >= 11 is 0. The lowest BCUT2D eigenvalue weighted by Gasteiger charge is -2.27. The zero-order valence-corrected chi connectivity index (χ0v) is 12.2. The number of nitrogens with one attached hydrogen (secondary N) is 1. The molecule has 1 aliphatic rings. The molecule has 0 saturated heterocycles. The summed E-state index contributed by atoms with van der Waals surface area (Å²) in [7, 11) is 0. The highest BCUT2D eigenvalue weighted by molar-refractivity contribution is 5.34. The van der Waals surface area contributed by atoms with Gasteiger partial charge in [0.2, 0.25) is 0 Å². The lowest BCUT2D eigenvalue weighted by Crippen LogP contribution is -2.26. The number of benzene rings is 1. The first-order valence-corrected chi connectivity index (χ1v) is 7.63. The van der Waals surface area contributed by atoms with Crippen LogP contribution in [0.25, 0.3) is 0 Å². The average molecular weight is 276 g/mol. The first kappa shape index (κ1) is 15.0. The Morgan fingerprint density at radius 3 is 2.60 bits per heavy atom. The molecule has 4 nitrogen and oxygen atoms in total. The molecule has 20 heavy (non-hydrogen) atoms. The Balaban J connectivity index is 1.73. The van der Waals surface area contributed by atoms with Crippen LogP contribution in [0.1, 0.15) is 44.6 Å². The van der Waals surface area contributed by atoms with Gasteiger partial charge in [-0.15, -0.1) is 0 Å². The molecule has 0 amide bonds. The number of nitro benzene ring substituents is 1. The standard InChI is InChI=1S/C16H24N2O2/c1-2-13-6-8-14(9-7-13)11-17-12-15-4-3-5-16(10-15)18(19)20/h3-5,10,13-14,17H,2,6-9,11-12H2,1H3. The third-order valence-corrected chi connectivity index (χ3v) is 4.43. The SMILES string of the molecule is CCC1CCC(CNCc2cccc([N+](=O)[O-])c2)CC1. The molecule has 2 rings (SSSR count). The van der Waals surface area contributed by atoms with Crippen molar-refractivity contribution in [1.82, 2.24) is 5.32 Å². The maximum absolute atomic E-state index is 10.7. The second kappa shape index (κ2) is 7.39. The van der Waals surface area contributed by atoms with Gasteiger partial charge in [0.25, 0.3) is 5.69 Å². The molecule has 0 bridgehead atoms. The van der Waals surface area contributed by atoms with Crippen molar-refractivity contribution in [3.05, 3.63) is 39.9 Å². The highest BCUT2D eigenvalue weighted by Gasteiger charge is 2.19. The molecule has 4 heteroatoms. The Morgan fingerprint density at radius 2 is 1.95 bits per heavy atom. The van der Waals surface area contributed by atoms with Gasteiger partial charge >= 0.3 is 0 Å². The Kier molecular flexibility index (Phi) is 5.53. The molecule has 1 fully saturated rings. The van der Waals surface area contributed by atoms with Crippen molar-refractivity contribution in [3.63, 3.8) is 0 Å². The fraction of sp³-hybridized carbons (Fsp3) is 0.625. The highest BCUT2D eigenvalue weighted by atomic mass is 16.6. The molecule has 0 atom stereocenters. The zero-order valence-electron chi connectivity index (χ0n) is 12.2. The minimum atomic E-state index is -0.338. The largest absolute Gasteiger partial charge is 0.312 e. The van der Waals surface area contributed by atoms with Crippen LogP contribution in [0.4, 0.5) is 5.69 Å². The molecule has 0 heterocycles.